The quantitative estimate of drug-likeness (QED) is 0.637. The van der Waals surface area contributed by atoms with Crippen molar-refractivity contribution in [1.29, 1.82) is 0 Å². The van der Waals surface area contributed by atoms with E-state index < -0.39 is 12.0 Å². The fourth-order valence-electron chi connectivity index (χ4n) is 1.68. The summed E-state index contributed by atoms with van der Waals surface area (Å²) in [5, 5.41) is 11.5. The van der Waals surface area contributed by atoms with Crippen molar-refractivity contribution in [2.24, 2.45) is 0 Å². The monoisotopic (exact) mass is 327 g/mol. The lowest BCUT2D eigenvalue weighted by Crippen LogP contribution is -2.42. The molecule has 0 aliphatic heterocycles. The van der Waals surface area contributed by atoms with E-state index in [-0.39, 0.29) is 24.7 Å². The lowest BCUT2D eigenvalue weighted by Gasteiger charge is -2.13. The van der Waals surface area contributed by atoms with Gasteiger partial charge >= 0.3 is 5.97 Å². The van der Waals surface area contributed by atoms with Gasteiger partial charge in [-0.1, -0.05) is 0 Å². The van der Waals surface area contributed by atoms with E-state index in [1.807, 2.05) is 31.2 Å². The Bertz CT molecular complexity index is 477. The highest BCUT2D eigenvalue weighted by molar-refractivity contribution is 8.00. The molecule has 0 radical (unpaired) electrons. The van der Waals surface area contributed by atoms with Crippen LogP contribution in [-0.2, 0) is 14.3 Å². The molecule has 0 bridgehead atoms. The van der Waals surface area contributed by atoms with Crippen molar-refractivity contribution in [3.8, 4) is 5.75 Å². The van der Waals surface area contributed by atoms with Gasteiger partial charge in [0.05, 0.1) is 12.4 Å². The van der Waals surface area contributed by atoms with E-state index in [4.69, 9.17) is 14.6 Å². The molecule has 7 heteroatoms. The summed E-state index contributed by atoms with van der Waals surface area (Å²) in [6, 6.07) is 6.48. The molecule has 0 spiro atoms. The van der Waals surface area contributed by atoms with Gasteiger partial charge in [0, 0.05) is 25.0 Å². The fraction of sp³-hybridized carbons (Fsp3) is 0.467. The third kappa shape index (κ3) is 6.82. The highest BCUT2D eigenvalue weighted by Crippen LogP contribution is 2.21. The minimum Gasteiger partial charge on any atom is -0.494 e. The van der Waals surface area contributed by atoms with Gasteiger partial charge in [0.1, 0.15) is 11.8 Å². The van der Waals surface area contributed by atoms with Crippen molar-refractivity contribution in [3.05, 3.63) is 24.3 Å². The summed E-state index contributed by atoms with van der Waals surface area (Å²) < 4.78 is 10.2. The number of carboxylic acids is 1. The van der Waals surface area contributed by atoms with Crippen molar-refractivity contribution in [1.82, 2.24) is 5.32 Å². The number of benzene rings is 1. The van der Waals surface area contributed by atoms with Crippen molar-refractivity contribution in [2.75, 3.05) is 26.1 Å². The van der Waals surface area contributed by atoms with E-state index in [1.54, 1.807) is 0 Å². The van der Waals surface area contributed by atoms with Crippen LogP contribution in [0.2, 0.25) is 0 Å². The maximum Gasteiger partial charge on any atom is 0.326 e. The van der Waals surface area contributed by atoms with Gasteiger partial charge in [0.25, 0.3) is 0 Å². The topological polar surface area (TPSA) is 84.9 Å². The Hall–Kier alpha value is -1.73. The summed E-state index contributed by atoms with van der Waals surface area (Å²) in [5.74, 6) is -0.439. The first kappa shape index (κ1) is 18.3. The lowest BCUT2D eigenvalue weighted by molar-refractivity contribution is -0.142. The summed E-state index contributed by atoms with van der Waals surface area (Å²) in [7, 11) is 1.49. The van der Waals surface area contributed by atoms with E-state index in [9.17, 15) is 9.59 Å². The third-order valence-electron chi connectivity index (χ3n) is 2.75. The van der Waals surface area contributed by atoms with Crippen molar-refractivity contribution in [2.45, 2.75) is 24.3 Å². The van der Waals surface area contributed by atoms with Crippen LogP contribution in [0.25, 0.3) is 0 Å². The van der Waals surface area contributed by atoms with E-state index in [0.717, 1.165) is 10.6 Å². The Morgan fingerprint density at radius 1 is 1.32 bits per heavy atom. The number of ether oxygens (including phenoxy) is 2. The van der Waals surface area contributed by atoms with Gasteiger partial charge in [-0.15, -0.1) is 11.8 Å². The molecule has 0 aliphatic carbocycles. The van der Waals surface area contributed by atoms with Crippen LogP contribution in [-0.4, -0.2) is 49.1 Å². The van der Waals surface area contributed by atoms with Crippen molar-refractivity contribution >= 4 is 23.6 Å². The van der Waals surface area contributed by atoms with Crippen LogP contribution in [0.1, 0.15) is 13.3 Å². The predicted molar refractivity (Wildman–Crippen MR) is 84.4 cm³/mol. The van der Waals surface area contributed by atoms with Crippen LogP contribution in [0.15, 0.2) is 29.2 Å². The molecule has 1 aromatic carbocycles. The molecule has 0 aromatic heterocycles. The first-order chi connectivity index (χ1) is 10.6. The average molecular weight is 327 g/mol. The highest BCUT2D eigenvalue weighted by atomic mass is 32.2. The normalized spacial score (nSPS) is 11.7. The predicted octanol–water partition coefficient (Wildman–Crippen LogP) is 1.78. The zero-order chi connectivity index (χ0) is 16.4. The first-order valence-electron chi connectivity index (χ1n) is 6.93. The van der Waals surface area contributed by atoms with E-state index in [1.165, 1.54) is 18.9 Å². The number of rotatable bonds is 10. The number of nitrogens with one attached hydrogen (secondary N) is 1. The van der Waals surface area contributed by atoms with Crippen LogP contribution in [0, 0.1) is 0 Å². The number of hydrogen-bond donors (Lipinski definition) is 2. The fourth-order valence-corrected chi connectivity index (χ4v) is 2.39. The van der Waals surface area contributed by atoms with E-state index >= 15 is 0 Å². The zero-order valence-electron chi connectivity index (χ0n) is 12.7. The third-order valence-corrected chi connectivity index (χ3v) is 3.76. The molecule has 1 aromatic rings. The molecule has 22 heavy (non-hydrogen) atoms. The van der Waals surface area contributed by atoms with E-state index in [0.29, 0.717) is 6.61 Å². The van der Waals surface area contributed by atoms with Crippen LogP contribution in [0.3, 0.4) is 0 Å². The molecular weight excluding hydrogens is 306 g/mol. The average Bonchev–Trinajstić information content (AvgIpc) is 2.50. The molecule has 2 N–H and O–H groups in total. The van der Waals surface area contributed by atoms with Gasteiger partial charge < -0.3 is 19.9 Å². The van der Waals surface area contributed by atoms with E-state index in [2.05, 4.69) is 5.32 Å². The van der Waals surface area contributed by atoms with Crippen LogP contribution < -0.4 is 10.1 Å². The largest absolute Gasteiger partial charge is 0.494 e. The molecule has 0 aliphatic rings. The first-order valence-corrected chi connectivity index (χ1v) is 7.92. The standard InChI is InChI=1S/C15H21NO5S/c1-3-21-11-4-6-12(7-5-11)22-10-14(17)16-13(15(18)19)8-9-20-2/h4-7,13H,3,8-10H2,1-2H3,(H,16,17)(H,18,19). The summed E-state index contributed by atoms with van der Waals surface area (Å²) >= 11 is 1.34. The molecule has 1 unspecified atom stereocenters. The molecule has 1 atom stereocenters. The molecule has 122 valence electrons. The second kappa shape index (κ2) is 10.1. The number of amides is 1. The van der Waals surface area contributed by atoms with Gasteiger partial charge in [0.2, 0.25) is 5.91 Å². The summed E-state index contributed by atoms with van der Waals surface area (Å²) in [5.41, 5.74) is 0. The minimum absolute atomic E-state index is 0.157. The van der Waals surface area contributed by atoms with Crippen LogP contribution >= 0.6 is 11.8 Å². The molecule has 0 saturated carbocycles. The SMILES string of the molecule is CCOc1ccc(SCC(=O)NC(CCOC)C(=O)O)cc1. The smallest absolute Gasteiger partial charge is 0.326 e. The number of hydrogen-bond acceptors (Lipinski definition) is 5. The number of carbonyl (C=O) groups excluding carboxylic acids is 1. The minimum atomic E-state index is -1.06. The molecular formula is C15H21NO5S. The zero-order valence-corrected chi connectivity index (χ0v) is 13.5. The van der Waals surface area contributed by atoms with Crippen LogP contribution in [0.5, 0.6) is 5.75 Å². The Labute approximate surface area is 134 Å². The molecule has 0 heterocycles. The van der Waals surface area contributed by atoms with Crippen molar-refractivity contribution < 1.29 is 24.2 Å². The Balaban J connectivity index is 2.42. The maximum absolute atomic E-state index is 11.8. The number of carbonyl (C=O) groups is 2. The molecule has 1 amide bonds. The second-order valence-corrected chi connectivity index (χ2v) is 5.48. The number of methoxy groups -OCH3 is 1. The Morgan fingerprint density at radius 3 is 2.55 bits per heavy atom. The summed E-state index contributed by atoms with van der Waals surface area (Å²) in [6.45, 7) is 2.80. The lowest BCUT2D eigenvalue weighted by atomic mass is 10.2. The van der Waals surface area contributed by atoms with Gasteiger partial charge in [-0.05, 0) is 31.2 Å². The van der Waals surface area contributed by atoms with Gasteiger partial charge in [-0.3, -0.25) is 4.79 Å². The van der Waals surface area contributed by atoms with Gasteiger partial charge in [0.15, 0.2) is 0 Å². The molecule has 6 nitrogen and oxygen atoms in total. The summed E-state index contributed by atoms with van der Waals surface area (Å²) in [6.07, 6.45) is 0.241. The molecule has 0 saturated heterocycles. The number of carboxylic acid groups (broad SMARTS) is 1. The van der Waals surface area contributed by atoms with Gasteiger partial charge in [-0.2, -0.15) is 0 Å². The van der Waals surface area contributed by atoms with Crippen molar-refractivity contribution in [3.63, 3.8) is 0 Å². The van der Waals surface area contributed by atoms with Gasteiger partial charge in [-0.25, -0.2) is 4.79 Å². The highest BCUT2D eigenvalue weighted by Gasteiger charge is 2.19. The Kier molecular flexibility index (Phi) is 8.39. The second-order valence-electron chi connectivity index (χ2n) is 4.43. The molecule has 1 rings (SSSR count). The summed E-state index contributed by atoms with van der Waals surface area (Å²) in [4.78, 5) is 23.7. The number of thioether (sulfide) groups is 1. The Morgan fingerprint density at radius 2 is 2.00 bits per heavy atom. The maximum atomic E-state index is 11.8. The van der Waals surface area contributed by atoms with Crippen LogP contribution in [0.4, 0.5) is 0 Å². The molecule has 0 fully saturated rings. The number of aliphatic carboxylic acids is 1.